The highest BCUT2D eigenvalue weighted by Gasteiger charge is 2.05. The zero-order valence-electron chi connectivity index (χ0n) is 6.51. The molecule has 0 spiro atoms. The maximum atomic E-state index is 5.57. The Morgan fingerprint density at radius 3 is 2.92 bits per heavy atom. The monoisotopic (exact) mass is 161 g/mol. The predicted octanol–water partition coefficient (Wildman–Crippen LogP) is 0.723. The molecule has 1 atom stereocenters. The van der Waals surface area contributed by atoms with Gasteiger partial charge in [0.1, 0.15) is 11.7 Å². The highest BCUT2D eigenvalue weighted by atomic mass is 15.5. The average Bonchev–Trinajstić information content (AvgIpc) is 2.47. The Kier molecular flexibility index (Phi) is 1.55. The molecule has 1 aromatic heterocycles. The first-order valence-corrected chi connectivity index (χ1v) is 3.67. The Labute approximate surface area is 70.0 Å². The van der Waals surface area contributed by atoms with E-state index in [0.717, 1.165) is 11.0 Å². The summed E-state index contributed by atoms with van der Waals surface area (Å²) < 4.78 is 1.59. The van der Waals surface area contributed by atoms with Crippen LogP contribution in [0.3, 0.4) is 0 Å². The summed E-state index contributed by atoms with van der Waals surface area (Å²) >= 11 is 0. The van der Waals surface area contributed by atoms with Gasteiger partial charge in [-0.05, 0) is 19.1 Å². The molecule has 2 rings (SSSR count). The van der Waals surface area contributed by atoms with Gasteiger partial charge >= 0.3 is 0 Å². The molecule has 2 aromatic rings. The number of hydrogen-bond donors (Lipinski definition) is 1. The summed E-state index contributed by atoms with van der Waals surface area (Å²) in [5.41, 5.74) is 7.33. The van der Waals surface area contributed by atoms with Gasteiger partial charge in [0.05, 0.1) is 5.52 Å². The molecule has 12 heavy (non-hydrogen) atoms. The summed E-state index contributed by atoms with van der Waals surface area (Å²) in [5, 5.41) is 7.81. The van der Waals surface area contributed by atoms with Gasteiger partial charge in [-0.15, -0.1) is 5.10 Å². The maximum Gasteiger partial charge on any atom is 0.113 e. The van der Waals surface area contributed by atoms with Crippen molar-refractivity contribution in [2.24, 2.45) is 5.73 Å². The minimum atomic E-state index is -0.377. The number of para-hydroxylation sites is 1. The van der Waals surface area contributed by atoms with Crippen LogP contribution in [0.5, 0.6) is 0 Å². The zero-order valence-corrected chi connectivity index (χ0v) is 6.51. The Morgan fingerprint density at radius 1 is 1.42 bits per heavy atom. The van der Waals surface area contributed by atoms with Crippen molar-refractivity contribution in [2.45, 2.75) is 6.17 Å². The van der Waals surface area contributed by atoms with Gasteiger partial charge in [-0.2, -0.15) is 0 Å². The van der Waals surface area contributed by atoms with Gasteiger partial charge in [0.15, 0.2) is 0 Å². The SMILES string of the molecule is [CH2]C(N)n1nnc2ccccc21. The van der Waals surface area contributed by atoms with Crippen molar-refractivity contribution in [3.05, 3.63) is 31.2 Å². The predicted molar refractivity (Wildman–Crippen MR) is 46.1 cm³/mol. The van der Waals surface area contributed by atoms with Crippen molar-refractivity contribution in [1.29, 1.82) is 0 Å². The third kappa shape index (κ3) is 0.967. The molecule has 0 saturated carbocycles. The van der Waals surface area contributed by atoms with E-state index in [1.165, 1.54) is 0 Å². The first-order valence-electron chi connectivity index (χ1n) is 3.67. The summed E-state index contributed by atoms with van der Waals surface area (Å²) in [5.74, 6) is 0. The van der Waals surface area contributed by atoms with E-state index in [2.05, 4.69) is 17.2 Å². The summed E-state index contributed by atoms with van der Waals surface area (Å²) in [6.07, 6.45) is -0.377. The third-order valence-corrected chi connectivity index (χ3v) is 1.69. The summed E-state index contributed by atoms with van der Waals surface area (Å²) in [4.78, 5) is 0. The van der Waals surface area contributed by atoms with E-state index < -0.39 is 0 Å². The van der Waals surface area contributed by atoms with E-state index in [-0.39, 0.29) is 6.17 Å². The van der Waals surface area contributed by atoms with Crippen molar-refractivity contribution in [1.82, 2.24) is 15.0 Å². The molecule has 4 heteroatoms. The second-order valence-electron chi connectivity index (χ2n) is 2.59. The van der Waals surface area contributed by atoms with Crippen LogP contribution < -0.4 is 5.73 Å². The summed E-state index contributed by atoms with van der Waals surface area (Å²) in [6, 6.07) is 7.64. The van der Waals surface area contributed by atoms with Crippen molar-refractivity contribution < 1.29 is 0 Å². The molecule has 0 aliphatic rings. The third-order valence-electron chi connectivity index (χ3n) is 1.69. The topological polar surface area (TPSA) is 56.7 Å². The molecular formula is C8H9N4. The van der Waals surface area contributed by atoms with E-state index in [4.69, 9.17) is 5.73 Å². The molecule has 0 amide bonds. The van der Waals surface area contributed by atoms with Gasteiger partial charge in [-0.25, -0.2) is 4.68 Å². The van der Waals surface area contributed by atoms with Crippen molar-refractivity contribution in [3.63, 3.8) is 0 Å². The molecule has 0 bridgehead atoms. The van der Waals surface area contributed by atoms with Crippen LogP contribution >= 0.6 is 0 Å². The van der Waals surface area contributed by atoms with Crippen LogP contribution in [0.1, 0.15) is 6.17 Å². The zero-order chi connectivity index (χ0) is 8.55. The summed E-state index contributed by atoms with van der Waals surface area (Å²) in [7, 11) is 0. The molecule has 2 N–H and O–H groups in total. The van der Waals surface area contributed by atoms with Crippen LogP contribution in [-0.4, -0.2) is 15.0 Å². The Hall–Kier alpha value is -1.42. The number of rotatable bonds is 1. The van der Waals surface area contributed by atoms with E-state index >= 15 is 0 Å². The number of aromatic nitrogens is 3. The molecular weight excluding hydrogens is 152 g/mol. The molecule has 0 saturated heterocycles. The number of hydrogen-bond acceptors (Lipinski definition) is 3. The number of fused-ring (bicyclic) bond motifs is 1. The molecule has 0 aliphatic carbocycles. The maximum absolute atomic E-state index is 5.57. The molecule has 4 nitrogen and oxygen atoms in total. The van der Waals surface area contributed by atoms with Crippen LogP contribution in [-0.2, 0) is 0 Å². The standard InChI is InChI=1S/C8H9N4/c1-6(9)12-8-5-3-2-4-7(8)10-11-12/h2-6H,1,9H2. The Balaban J connectivity index is 2.70. The Morgan fingerprint density at radius 2 is 2.17 bits per heavy atom. The second-order valence-corrected chi connectivity index (χ2v) is 2.59. The van der Waals surface area contributed by atoms with Crippen molar-refractivity contribution in [2.75, 3.05) is 0 Å². The van der Waals surface area contributed by atoms with Gasteiger partial charge in [-0.3, -0.25) is 0 Å². The van der Waals surface area contributed by atoms with E-state index in [1.807, 2.05) is 24.3 Å². The van der Waals surface area contributed by atoms with Crippen LogP contribution in [0.2, 0.25) is 0 Å². The van der Waals surface area contributed by atoms with E-state index in [0.29, 0.717) is 0 Å². The normalized spacial score (nSPS) is 13.5. The highest BCUT2D eigenvalue weighted by molar-refractivity contribution is 5.73. The van der Waals surface area contributed by atoms with Crippen LogP contribution in [0.15, 0.2) is 24.3 Å². The number of benzene rings is 1. The number of nitrogens with zero attached hydrogens (tertiary/aromatic N) is 3. The largest absolute Gasteiger partial charge is 0.310 e. The lowest BCUT2D eigenvalue weighted by Crippen LogP contribution is -2.16. The fourth-order valence-electron chi connectivity index (χ4n) is 1.13. The lowest BCUT2D eigenvalue weighted by Gasteiger charge is -2.03. The molecule has 0 aliphatic heterocycles. The molecule has 1 heterocycles. The summed E-state index contributed by atoms with van der Waals surface area (Å²) in [6.45, 7) is 3.67. The van der Waals surface area contributed by atoms with Gasteiger partial charge in [0.25, 0.3) is 0 Å². The number of nitrogens with two attached hydrogens (primary N) is 1. The first kappa shape index (κ1) is 7.24. The van der Waals surface area contributed by atoms with Crippen LogP contribution in [0.4, 0.5) is 0 Å². The molecule has 1 unspecified atom stereocenters. The molecule has 0 fully saturated rings. The minimum Gasteiger partial charge on any atom is -0.310 e. The van der Waals surface area contributed by atoms with Gasteiger partial charge in [-0.1, -0.05) is 17.3 Å². The highest BCUT2D eigenvalue weighted by Crippen LogP contribution is 2.11. The van der Waals surface area contributed by atoms with Gasteiger partial charge < -0.3 is 5.73 Å². The molecule has 1 radical (unpaired) electrons. The first-order chi connectivity index (χ1) is 5.79. The fourth-order valence-corrected chi connectivity index (χ4v) is 1.13. The average molecular weight is 161 g/mol. The van der Waals surface area contributed by atoms with Crippen molar-refractivity contribution in [3.8, 4) is 0 Å². The van der Waals surface area contributed by atoms with Gasteiger partial charge in [0.2, 0.25) is 0 Å². The minimum absolute atomic E-state index is 0.377. The smallest absolute Gasteiger partial charge is 0.113 e. The Bertz CT molecular complexity index is 391. The van der Waals surface area contributed by atoms with E-state index in [1.54, 1.807) is 4.68 Å². The quantitative estimate of drug-likeness (QED) is 0.670. The lowest BCUT2D eigenvalue weighted by atomic mass is 10.3. The van der Waals surface area contributed by atoms with Crippen LogP contribution in [0.25, 0.3) is 11.0 Å². The fraction of sp³-hybridized carbons (Fsp3) is 0.125. The lowest BCUT2D eigenvalue weighted by molar-refractivity contribution is 0.551. The van der Waals surface area contributed by atoms with E-state index in [9.17, 15) is 0 Å². The molecule has 1 aromatic carbocycles. The van der Waals surface area contributed by atoms with Crippen molar-refractivity contribution >= 4 is 11.0 Å². The van der Waals surface area contributed by atoms with Gasteiger partial charge in [0, 0.05) is 0 Å². The second kappa shape index (κ2) is 2.57. The van der Waals surface area contributed by atoms with Crippen LogP contribution in [0, 0.1) is 6.92 Å². The molecule has 61 valence electrons.